The first-order valence-electron chi connectivity index (χ1n) is 8.14. The molecular weight excluding hydrogens is 372 g/mol. The van der Waals surface area contributed by atoms with E-state index in [9.17, 15) is 13.6 Å². The second-order valence-electron chi connectivity index (χ2n) is 6.15. The summed E-state index contributed by atoms with van der Waals surface area (Å²) >= 11 is 1.56. The third-order valence-electron chi connectivity index (χ3n) is 4.21. The van der Waals surface area contributed by atoms with Gasteiger partial charge in [0, 0.05) is 16.5 Å². The zero-order chi connectivity index (χ0) is 19.1. The van der Waals surface area contributed by atoms with E-state index in [1.807, 2.05) is 6.92 Å². The van der Waals surface area contributed by atoms with E-state index in [-0.39, 0.29) is 28.8 Å². The zero-order valence-electron chi connectivity index (χ0n) is 14.3. The van der Waals surface area contributed by atoms with Crippen LogP contribution in [-0.2, 0) is 13.1 Å². The number of benzene rings is 1. The van der Waals surface area contributed by atoms with Crippen LogP contribution in [0.15, 0.2) is 30.3 Å². The largest absolute Gasteiger partial charge is 0.396 e. The number of nitrogen functional groups attached to an aromatic ring is 1. The number of rotatable bonds is 2. The quantitative estimate of drug-likeness (QED) is 0.698. The van der Waals surface area contributed by atoms with Gasteiger partial charge in [0.2, 0.25) is 0 Å². The molecule has 0 unspecified atom stereocenters. The molecule has 0 saturated carbocycles. The van der Waals surface area contributed by atoms with E-state index in [1.54, 1.807) is 16.2 Å². The van der Waals surface area contributed by atoms with E-state index in [0.717, 1.165) is 27.7 Å². The van der Waals surface area contributed by atoms with E-state index >= 15 is 0 Å². The summed E-state index contributed by atoms with van der Waals surface area (Å²) in [6.07, 6.45) is 0. The Bertz CT molecular complexity index is 1030. The van der Waals surface area contributed by atoms with Crippen LogP contribution in [0.3, 0.4) is 0 Å². The van der Waals surface area contributed by atoms with Crippen molar-refractivity contribution < 1.29 is 13.6 Å². The molecule has 1 aromatic carbocycles. The summed E-state index contributed by atoms with van der Waals surface area (Å²) in [6.45, 7) is 2.81. The van der Waals surface area contributed by atoms with E-state index in [1.165, 1.54) is 18.2 Å². The summed E-state index contributed by atoms with van der Waals surface area (Å²) in [5.74, 6) is -1.29. The number of carbonyl (C=O) groups is 1. The highest BCUT2D eigenvalue weighted by molar-refractivity contribution is 7.11. The van der Waals surface area contributed by atoms with Gasteiger partial charge in [0.15, 0.2) is 5.82 Å². The Morgan fingerprint density at radius 2 is 2.04 bits per heavy atom. The van der Waals surface area contributed by atoms with E-state index in [2.05, 4.69) is 15.3 Å². The lowest BCUT2D eigenvalue weighted by Gasteiger charge is -2.17. The van der Waals surface area contributed by atoms with Crippen molar-refractivity contribution in [1.29, 1.82) is 0 Å². The number of nitrogens with zero attached hydrogens (tertiary/aromatic N) is 3. The molecule has 0 saturated heterocycles. The second-order valence-corrected chi connectivity index (χ2v) is 7.44. The molecule has 0 bridgehead atoms. The summed E-state index contributed by atoms with van der Waals surface area (Å²) in [5.41, 5.74) is 7.41. The number of amides is 2. The van der Waals surface area contributed by atoms with E-state index in [4.69, 9.17) is 5.73 Å². The number of nitrogens with one attached hydrogen (secondary N) is 1. The van der Waals surface area contributed by atoms with Gasteiger partial charge in [-0.15, -0.1) is 11.3 Å². The standard InChI is InChI=1S/C18H15F2N5OS/c1-9-22-15-7-25(8-16(15)27-9)18(26)24-17-13(21)4-5-14(23-17)11-3-2-10(19)6-12(11)20/h2-6H,7-8,21H2,1H3,(H,23,24,26). The number of nitrogens with two attached hydrogens (primary N) is 1. The Morgan fingerprint density at radius 1 is 1.22 bits per heavy atom. The molecule has 1 aliphatic rings. The number of halogens is 2. The molecule has 0 fully saturated rings. The van der Waals surface area contributed by atoms with Gasteiger partial charge in [-0.05, 0) is 31.2 Å². The molecule has 0 atom stereocenters. The van der Waals surface area contributed by atoms with E-state index < -0.39 is 11.6 Å². The SMILES string of the molecule is Cc1nc2c(s1)CN(C(=O)Nc1nc(-c3ccc(F)cc3F)ccc1N)C2. The van der Waals surface area contributed by atoms with Crippen LogP contribution in [0.1, 0.15) is 15.6 Å². The van der Waals surface area contributed by atoms with Gasteiger partial charge in [-0.25, -0.2) is 23.5 Å². The Hall–Kier alpha value is -3.07. The van der Waals surface area contributed by atoms with E-state index in [0.29, 0.717) is 13.1 Å². The summed E-state index contributed by atoms with van der Waals surface area (Å²) in [6, 6.07) is 5.89. The molecule has 3 N–H and O–H groups in total. The molecule has 3 heterocycles. The maximum absolute atomic E-state index is 14.0. The van der Waals surface area contributed by atoms with Crippen molar-refractivity contribution in [3.8, 4) is 11.3 Å². The van der Waals surface area contributed by atoms with Gasteiger partial charge in [0.05, 0.1) is 35.2 Å². The number of carbonyl (C=O) groups excluding carboxylic acids is 1. The first kappa shape index (κ1) is 17.3. The van der Waals surface area contributed by atoms with Gasteiger partial charge in [-0.3, -0.25) is 5.32 Å². The maximum Gasteiger partial charge on any atom is 0.323 e. The van der Waals surface area contributed by atoms with Crippen LogP contribution in [-0.4, -0.2) is 20.9 Å². The average molecular weight is 387 g/mol. The number of anilines is 2. The monoisotopic (exact) mass is 387 g/mol. The number of fused-ring (bicyclic) bond motifs is 1. The molecule has 138 valence electrons. The molecule has 9 heteroatoms. The topological polar surface area (TPSA) is 84.1 Å². The molecule has 0 radical (unpaired) electrons. The normalized spacial score (nSPS) is 12.9. The van der Waals surface area contributed by atoms with Crippen molar-refractivity contribution in [3.05, 3.63) is 57.5 Å². The van der Waals surface area contributed by atoms with Gasteiger partial charge >= 0.3 is 6.03 Å². The number of aryl methyl sites for hydroxylation is 1. The molecule has 2 amide bonds. The second kappa shape index (κ2) is 6.58. The number of hydrogen-bond acceptors (Lipinski definition) is 5. The molecule has 27 heavy (non-hydrogen) atoms. The van der Waals surface area contributed by atoms with Gasteiger partial charge in [-0.1, -0.05) is 0 Å². The Balaban J connectivity index is 1.55. The predicted octanol–water partition coefficient (Wildman–Crippen LogP) is 3.92. The van der Waals surface area contributed by atoms with Crippen LogP contribution in [0.5, 0.6) is 0 Å². The van der Waals surface area contributed by atoms with Crippen LogP contribution >= 0.6 is 11.3 Å². The molecule has 2 aromatic heterocycles. The smallest absolute Gasteiger partial charge is 0.323 e. The highest BCUT2D eigenvalue weighted by Crippen LogP contribution is 2.29. The average Bonchev–Trinajstić information content (AvgIpc) is 3.14. The minimum atomic E-state index is -0.741. The lowest BCUT2D eigenvalue weighted by Crippen LogP contribution is -2.31. The highest BCUT2D eigenvalue weighted by Gasteiger charge is 2.27. The molecule has 3 aromatic rings. The van der Waals surface area contributed by atoms with Gasteiger partial charge in [0.25, 0.3) is 0 Å². The third-order valence-corrected chi connectivity index (χ3v) is 5.20. The van der Waals surface area contributed by atoms with Gasteiger partial charge < -0.3 is 10.6 Å². The Labute approximate surface area is 157 Å². The first-order chi connectivity index (χ1) is 12.9. The molecule has 0 aliphatic carbocycles. The number of hydrogen-bond donors (Lipinski definition) is 2. The van der Waals surface area contributed by atoms with Crippen LogP contribution < -0.4 is 11.1 Å². The van der Waals surface area contributed by atoms with Gasteiger partial charge in [0.1, 0.15) is 11.6 Å². The zero-order valence-corrected chi connectivity index (χ0v) is 15.1. The fourth-order valence-corrected chi connectivity index (χ4v) is 3.87. The number of pyridine rings is 1. The predicted molar refractivity (Wildman–Crippen MR) is 99.1 cm³/mol. The summed E-state index contributed by atoms with van der Waals surface area (Å²) in [5, 5.41) is 3.64. The van der Waals surface area contributed by atoms with Crippen molar-refractivity contribution in [2.45, 2.75) is 20.0 Å². The fourth-order valence-electron chi connectivity index (χ4n) is 2.91. The number of aromatic nitrogens is 2. The molecular formula is C18H15F2N5OS. The molecule has 6 nitrogen and oxygen atoms in total. The molecule has 4 rings (SSSR count). The van der Waals surface area contributed by atoms with Crippen LogP contribution in [0, 0.1) is 18.6 Å². The molecule has 0 spiro atoms. The lowest BCUT2D eigenvalue weighted by atomic mass is 10.1. The summed E-state index contributed by atoms with van der Waals surface area (Å²) in [7, 11) is 0. The van der Waals surface area contributed by atoms with Crippen molar-refractivity contribution in [1.82, 2.24) is 14.9 Å². The summed E-state index contributed by atoms with van der Waals surface area (Å²) < 4.78 is 27.1. The van der Waals surface area contributed by atoms with Crippen LogP contribution in [0.4, 0.5) is 25.1 Å². The number of urea groups is 1. The Morgan fingerprint density at radius 3 is 2.78 bits per heavy atom. The Kier molecular flexibility index (Phi) is 4.23. The molecule has 1 aliphatic heterocycles. The highest BCUT2D eigenvalue weighted by atomic mass is 32.1. The summed E-state index contributed by atoms with van der Waals surface area (Å²) in [4.78, 5) is 23.8. The minimum absolute atomic E-state index is 0.120. The lowest BCUT2D eigenvalue weighted by molar-refractivity contribution is 0.212. The first-order valence-corrected chi connectivity index (χ1v) is 8.95. The van der Waals surface area contributed by atoms with Crippen molar-refractivity contribution in [2.24, 2.45) is 0 Å². The fraction of sp³-hybridized carbons (Fsp3) is 0.167. The maximum atomic E-state index is 14.0. The van der Waals surface area contributed by atoms with Crippen molar-refractivity contribution in [2.75, 3.05) is 11.1 Å². The van der Waals surface area contributed by atoms with Crippen LogP contribution in [0.25, 0.3) is 11.3 Å². The number of thiazole rings is 1. The van der Waals surface area contributed by atoms with Gasteiger partial charge in [-0.2, -0.15) is 0 Å². The van der Waals surface area contributed by atoms with Crippen LogP contribution in [0.2, 0.25) is 0 Å². The van der Waals surface area contributed by atoms with Crippen molar-refractivity contribution >= 4 is 28.9 Å². The third kappa shape index (κ3) is 3.33. The van der Waals surface area contributed by atoms with Crippen molar-refractivity contribution in [3.63, 3.8) is 0 Å². The minimum Gasteiger partial charge on any atom is -0.396 e.